The van der Waals surface area contributed by atoms with Crippen LogP contribution >= 0.6 is 0 Å². The molecule has 0 radical (unpaired) electrons. The summed E-state index contributed by atoms with van der Waals surface area (Å²) in [7, 11) is 0. The van der Waals surface area contributed by atoms with Crippen LogP contribution in [-0.2, 0) is 4.79 Å². The molecular weight excluding hydrogens is 236 g/mol. The third kappa shape index (κ3) is 2.96. The molecule has 108 valence electrons. The molecular formula is C16H28N2O. The molecule has 3 nitrogen and oxygen atoms in total. The molecule has 0 spiro atoms. The number of nitrogens with one attached hydrogen (secondary N) is 1. The summed E-state index contributed by atoms with van der Waals surface area (Å²) in [6.07, 6.45) is 12.7. The SMILES string of the molecule is O=C(C1CCCCCN1)N1CCC[C@H]2CCCC[C@H]21. The number of fused-ring (bicyclic) bond motifs is 1. The molecule has 3 aliphatic rings. The van der Waals surface area contributed by atoms with Gasteiger partial charge in [-0.25, -0.2) is 0 Å². The number of likely N-dealkylation sites (tertiary alicyclic amines) is 1. The first kappa shape index (κ1) is 13.4. The van der Waals surface area contributed by atoms with E-state index < -0.39 is 0 Å². The van der Waals surface area contributed by atoms with Crippen LogP contribution in [0.3, 0.4) is 0 Å². The number of nitrogens with zero attached hydrogens (tertiary/aromatic N) is 1. The van der Waals surface area contributed by atoms with E-state index in [0.29, 0.717) is 11.9 Å². The highest BCUT2D eigenvalue weighted by molar-refractivity contribution is 5.82. The van der Waals surface area contributed by atoms with Gasteiger partial charge in [0.15, 0.2) is 0 Å². The fraction of sp³-hybridized carbons (Fsp3) is 0.938. The van der Waals surface area contributed by atoms with E-state index in [0.717, 1.165) is 25.4 Å². The van der Waals surface area contributed by atoms with Gasteiger partial charge in [-0.15, -0.1) is 0 Å². The second-order valence-electron chi connectivity index (χ2n) is 6.64. The van der Waals surface area contributed by atoms with Crippen molar-refractivity contribution in [2.24, 2.45) is 5.92 Å². The highest BCUT2D eigenvalue weighted by Gasteiger charge is 2.37. The Kier molecular flexibility index (Phi) is 4.42. The van der Waals surface area contributed by atoms with Crippen LogP contribution in [0, 0.1) is 5.92 Å². The molecule has 2 saturated heterocycles. The quantitative estimate of drug-likeness (QED) is 0.790. The van der Waals surface area contributed by atoms with E-state index in [-0.39, 0.29) is 6.04 Å². The summed E-state index contributed by atoms with van der Waals surface area (Å²) in [6, 6.07) is 0.684. The Bertz CT molecular complexity index is 308. The molecule has 1 unspecified atom stereocenters. The summed E-state index contributed by atoms with van der Waals surface area (Å²) in [5, 5.41) is 3.48. The van der Waals surface area contributed by atoms with E-state index >= 15 is 0 Å². The normalized spacial score (nSPS) is 36.4. The fourth-order valence-corrected chi connectivity index (χ4v) is 4.34. The van der Waals surface area contributed by atoms with Crippen LogP contribution in [0.4, 0.5) is 0 Å². The van der Waals surface area contributed by atoms with E-state index in [9.17, 15) is 4.79 Å². The van der Waals surface area contributed by atoms with Crippen LogP contribution in [0.2, 0.25) is 0 Å². The second-order valence-corrected chi connectivity index (χ2v) is 6.64. The van der Waals surface area contributed by atoms with E-state index in [1.165, 1.54) is 57.8 Å². The third-order valence-electron chi connectivity index (χ3n) is 5.38. The maximum absolute atomic E-state index is 12.8. The zero-order valence-corrected chi connectivity index (χ0v) is 12.1. The number of carbonyl (C=O) groups is 1. The lowest BCUT2D eigenvalue weighted by molar-refractivity contribution is -0.140. The molecule has 3 heteroatoms. The molecule has 3 atom stereocenters. The van der Waals surface area contributed by atoms with Crippen LogP contribution < -0.4 is 5.32 Å². The molecule has 3 fully saturated rings. The molecule has 1 saturated carbocycles. The second kappa shape index (κ2) is 6.25. The van der Waals surface area contributed by atoms with Crippen LogP contribution in [-0.4, -0.2) is 36.0 Å². The highest BCUT2D eigenvalue weighted by atomic mass is 16.2. The van der Waals surface area contributed by atoms with Crippen molar-refractivity contribution in [2.45, 2.75) is 76.3 Å². The summed E-state index contributed by atoms with van der Waals surface area (Å²) < 4.78 is 0. The van der Waals surface area contributed by atoms with Gasteiger partial charge in [-0.05, 0) is 51.0 Å². The van der Waals surface area contributed by atoms with Crippen molar-refractivity contribution < 1.29 is 4.79 Å². The molecule has 19 heavy (non-hydrogen) atoms. The number of rotatable bonds is 1. The fourth-order valence-electron chi connectivity index (χ4n) is 4.34. The minimum atomic E-state index is 0.114. The summed E-state index contributed by atoms with van der Waals surface area (Å²) >= 11 is 0. The van der Waals surface area contributed by atoms with Gasteiger partial charge in [0.1, 0.15) is 0 Å². The van der Waals surface area contributed by atoms with Crippen molar-refractivity contribution in [2.75, 3.05) is 13.1 Å². The minimum absolute atomic E-state index is 0.114. The molecule has 0 aromatic carbocycles. The zero-order valence-electron chi connectivity index (χ0n) is 12.1. The zero-order chi connectivity index (χ0) is 13.1. The van der Waals surface area contributed by atoms with E-state index in [4.69, 9.17) is 0 Å². The van der Waals surface area contributed by atoms with Gasteiger partial charge in [-0.2, -0.15) is 0 Å². The predicted molar refractivity (Wildman–Crippen MR) is 77.0 cm³/mol. The van der Waals surface area contributed by atoms with Gasteiger partial charge in [0, 0.05) is 12.6 Å². The standard InChI is InChI=1S/C16H28N2O/c19-16(14-9-2-1-5-11-17-14)18-12-6-8-13-7-3-4-10-15(13)18/h13-15,17H,1-12H2/t13-,14?,15-/m1/s1. The Labute approximate surface area is 117 Å². The Morgan fingerprint density at radius 1 is 0.895 bits per heavy atom. The Morgan fingerprint density at radius 2 is 1.68 bits per heavy atom. The lowest BCUT2D eigenvalue weighted by Gasteiger charge is -2.45. The van der Waals surface area contributed by atoms with Crippen molar-refractivity contribution in [1.29, 1.82) is 0 Å². The molecule has 1 N–H and O–H groups in total. The molecule has 1 aliphatic carbocycles. The van der Waals surface area contributed by atoms with Crippen LogP contribution in [0.25, 0.3) is 0 Å². The average molecular weight is 264 g/mol. The van der Waals surface area contributed by atoms with Crippen molar-refractivity contribution >= 4 is 5.91 Å². The van der Waals surface area contributed by atoms with Crippen molar-refractivity contribution in [1.82, 2.24) is 10.2 Å². The van der Waals surface area contributed by atoms with Crippen LogP contribution in [0.15, 0.2) is 0 Å². The predicted octanol–water partition coefficient (Wildman–Crippen LogP) is 2.70. The maximum Gasteiger partial charge on any atom is 0.239 e. The first-order valence-electron chi connectivity index (χ1n) is 8.40. The summed E-state index contributed by atoms with van der Waals surface area (Å²) in [4.78, 5) is 15.1. The Balaban J connectivity index is 1.66. The molecule has 3 rings (SSSR count). The third-order valence-corrected chi connectivity index (χ3v) is 5.38. The largest absolute Gasteiger partial charge is 0.338 e. The summed E-state index contributed by atoms with van der Waals surface area (Å²) in [5.74, 6) is 1.22. The number of carbonyl (C=O) groups excluding carboxylic acids is 1. The van der Waals surface area contributed by atoms with E-state index in [1.807, 2.05) is 0 Å². The molecule has 1 amide bonds. The van der Waals surface area contributed by atoms with Crippen LogP contribution in [0.1, 0.15) is 64.2 Å². The molecule has 0 aromatic rings. The van der Waals surface area contributed by atoms with Crippen molar-refractivity contribution in [3.05, 3.63) is 0 Å². The summed E-state index contributed by atoms with van der Waals surface area (Å²) in [6.45, 7) is 2.04. The first-order chi connectivity index (χ1) is 9.36. The maximum atomic E-state index is 12.8. The van der Waals surface area contributed by atoms with Gasteiger partial charge in [0.2, 0.25) is 5.91 Å². The molecule has 2 aliphatic heterocycles. The molecule has 2 heterocycles. The van der Waals surface area contributed by atoms with Crippen LogP contribution in [0.5, 0.6) is 0 Å². The topological polar surface area (TPSA) is 32.3 Å². The molecule has 0 bridgehead atoms. The lowest BCUT2D eigenvalue weighted by Crippen LogP contribution is -2.55. The highest BCUT2D eigenvalue weighted by Crippen LogP contribution is 2.35. The van der Waals surface area contributed by atoms with Gasteiger partial charge in [0.25, 0.3) is 0 Å². The van der Waals surface area contributed by atoms with Gasteiger partial charge in [0.05, 0.1) is 6.04 Å². The summed E-state index contributed by atoms with van der Waals surface area (Å²) in [5.41, 5.74) is 0. The number of hydrogen-bond donors (Lipinski definition) is 1. The minimum Gasteiger partial charge on any atom is -0.338 e. The number of piperidine rings is 1. The van der Waals surface area contributed by atoms with Gasteiger partial charge < -0.3 is 10.2 Å². The lowest BCUT2D eigenvalue weighted by atomic mass is 9.78. The monoisotopic (exact) mass is 264 g/mol. The van der Waals surface area contributed by atoms with Gasteiger partial charge in [-0.1, -0.05) is 25.7 Å². The van der Waals surface area contributed by atoms with Gasteiger partial charge >= 0.3 is 0 Å². The number of hydrogen-bond acceptors (Lipinski definition) is 2. The van der Waals surface area contributed by atoms with Gasteiger partial charge in [-0.3, -0.25) is 4.79 Å². The Hall–Kier alpha value is -0.570. The molecule has 0 aromatic heterocycles. The van der Waals surface area contributed by atoms with Crippen molar-refractivity contribution in [3.8, 4) is 0 Å². The number of amides is 1. The average Bonchev–Trinajstić information content (AvgIpc) is 2.75. The van der Waals surface area contributed by atoms with E-state index in [2.05, 4.69) is 10.2 Å². The smallest absolute Gasteiger partial charge is 0.239 e. The Morgan fingerprint density at radius 3 is 2.63 bits per heavy atom. The first-order valence-corrected chi connectivity index (χ1v) is 8.40. The van der Waals surface area contributed by atoms with Crippen molar-refractivity contribution in [3.63, 3.8) is 0 Å². The van der Waals surface area contributed by atoms with E-state index in [1.54, 1.807) is 0 Å².